The number of carbonyl (C=O) groups excluding carboxylic acids is 1. The van der Waals surface area contributed by atoms with Gasteiger partial charge in [-0.15, -0.1) is 0 Å². The standard InChI is InChI=1S/C22H23N3O5S/c1-4-29-20-8-6-5-7-19(20)25-31(27,28)18-12-9-17(10-13-18)11-14-21-22(23-16(3)26)15(2)24-30-21/h5-14,25H,4H2,1-3H3,(H,23,26)/b14-11-. The Labute approximate surface area is 181 Å². The van der Waals surface area contributed by atoms with Crippen LogP contribution in [0.2, 0.25) is 0 Å². The maximum absolute atomic E-state index is 12.8. The molecule has 8 nitrogen and oxygen atoms in total. The second kappa shape index (κ2) is 9.48. The molecule has 0 saturated carbocycles. The van der Waals surface area contributed by atoms with E-state index in [4.69, 9.17) is 9.26 Å². The lowest BCUT2D eigenvalue weighted by Crippen LogP contribution is -2.13. The fraction of sp³-hybridized carbons (Fsp3) is 0.182. The average Bonchev–Trinajstić information content (AvgIpc) is 3.07. The van der Waals surface area contributed by atoms with Crippen molar-refractivity contribution < 1.29 is 22.5 Å². The summed E-state index contributed by atoms with van der Waals surface area (Å²) in [5.41, 5.74) is 2.19. The molecule has 3 aromatic rings. The molecule has 0 saturated heterocycles. The summed E-state index contributed by atoms with van der Waals surface area (Å²) in [5, 5.41) is 6.53. The molecule has 0 aliphatic rings. The number of aromatic nitrogens is 1. The van der Waals surface area contributed by atoms with Crippen LogP contribution in [0.15, 0.2) is 57.9 Å². The molecule has 31 heavy (non-hydrogen) atoms. The van der Waals surface area contributed by atoms with E-state index in [0.717, 1.165) is 5.56 Å². The van der Waals surface area contributed by atoms with E-state index in [1.807, 2.05) is 6.92 Å². The van der Waals surface area contributed by atoms with Crippen LogP contribution in [-0.2, 0) is 14.8 Å². The summed E-state index contributed by atoms with van der Waals surface area (Å²) < 4.78 is 38.8. The van der Waals surface area contributed by atoms with Crippen LogP contribution in [0, 0.1) is 6.92 Å². The lowest BCUT2D eigenvalue weighted by molar-refractivity contribution is -0.114. The number of para-hydroxylation sites is 2. The topological polar surface area (TPSA) is 111 Å². The van der Waals surface area contributed by atoms with Crippen LogP contribution in [-0.4, -0.2) is 26.1 Å². The van der Waals surface area contributed by atoms with E-state index >= 15 is 0 Å². The number of amides is 1. The summed E-state index contributed by atoms with van der Waals surface area (Å²) in [6.45, 7) is 5.38. The molecule has 0 bridgehead atoms. The molecular weight excluding hydrogens is 418 g/mol. The number of rotatable bonds is 8. The highest BCUT2D eigenvalue weighted by Crippen LogP contribution is 2.27. The third-order valence-electron chi connectivity index (χ3n) is 4.24. The van der Waals surface area contributed by atoms with Gasteiger partial charge in [0.05, 0.1) is 17.2 Å². The van der Waals surface area contributed by atoms with Gasteiger partial charge >= 0.3 is 0 Å². The molecular formula is C22H23N3O5S. The van der Waals surface area contributed by atoms with Gasteiger partial charge < -0.3 is 14.6 Å². The first kappa shape index (κ1) is 22.1. The van der Waals surface area contributed by atoms with Gasteiger partial charge in [0, 0.05) is 6.92 Å². The lowest BCUT2D eigenvalue weighted by Gasteiger charge is -2.12. The van der Waals surface area contributed by atoms with Crippen molar-refractivity contribution in [3.05, 3.63) is 65.5 Å². The first-order valence-corrected chi connectivity index (χ1v) is 11.0. The summed E-state index contributed by atoms with van der Waals surface area (Å²) in [7, 11) is -3.78. The Morgan fingerprint density at radius 2 is 1.84 bits per heavy atom. The molecule has 162 valence electrons. The van der Waals surface area contributed by atoms with Crippen LogP contribution in [0.1, 0.15) is 30.9 Å². The minimum Gasteiger partial charge on any atom is -0.492 e. The Morgan fingerprint density at radius 3 is 2.52 bits per heavy atom. The zero-order valence-corrected chi connectivity index (χ0v) is 18.2. The van der Waals surface area contributed by atoms with Gasteiger partial charge in [-0.2, -0.15) is 0 Å². The molecule has 2 aromatic carbocycles. The van der Waals surface area contributed by atoms with Crippen LogP contribution in [0.3, 0.4) is 0 Å². The summed E-state index contributed by atoms with van der Waals surface area (Å²) in [4.78, 5) is 11.5. The largest absolute Gasteiger partial charge is 0.492 e. The van der Waals surface area contributed by atoms with Crippen LogP contribution >= 0.6 is 0 Å². The first-order valence-electron chi connectivity index (χ1n) is 9.57. The predicted molar refractivity (Wildman–Crippen MR) is 119 cm³/mol. The second-order valence-electron chi connectivity index (χ2n) is 6.63. The summed E-state index contributed by atoms with van der Waals surface area (Å²) in [6, 6.07) is 13.2. The van der Waals surface area contributed by atoms with Crippen molar-refractivity contribution in [3.63, 3.8) is 0 Å². The molecule has 3 rings (SSSR count). The number of nitrogens with one attached hydrogen (secondary N) is 2. The Balaban J connectivity index is 1.77. The highest BCUT2D eigenvalue weighted by molar-refractivity contribution is 7.92. The summed E-state index contributed by atoms with van der Waals surface area (Å²) >= 11 is 0. The quantitative estimate of drug-likeness (QED) is 0.539. The summed E-state index contributed by atoms with van der Waals surface area (Å²) in [5.74, 6) is 0.637. The van der Waals surface area contributed by atoms with Crippen LogP contribution < -0.4 is 14.8 Å². The molecule has 0 spiro atoms. The molecule has 2 N–H and O–H groups in total. The van der Waals surface area contributed by atoms with Gasteiger partial charge in [-0.1, -0.05) is 35.5 Å². The molecule has 0 unspecified atom stereocenters. The number of hydrogen-bond acceptors (Lipinski definition) is 6. The fourth-order valence-electron chi connectivity index (χ4n) is 2.80. The van der Waals surface area contributed by atoms with Crippen LogP contribution in [0.25, 0.3) is 12.2 Å². The fourth-order valence-corrected chi connectivity index (χ4v) is 3.87. The van der Waals surface area contributed by atoms with E-state index < -0.39 is 10.0 Å². The van der Waals surface area contributed by atoms with Crippen LogP contribution in [0.5, 0.6) is 5.75 Å². The van der Waals surface area contributed by atoms with E-state index in [9.17, 15) is 13.2 Å². The number of hydrogen-bond donors (Lipinski definition) is 2. The van der Waals surface area contributed by atoms with E-state index in [0.29, 0.717) is 35.2 Å². The van der Waals surface area contributed by atoms with Crippen molar-refractivity contribution in [2.75, 3.05) is 16.6 Å². The molecule has 1 heterocycles. The Kier molecular flexibility index (Phi) is 6.76. The first-order chi connectivity index (χ1) is 14.8. The van der Waals surface area contributed by atoms with Crippen molar-refractivity contribution in [1.29, 1.82) is 0 Å². The number of ether oxygens (including phenoxy) is 1. The van der Waals surface area contributed by atoms with Gasteiger partial charge in [0.2, 0.25) is 5.91 Å². The van der Waals surface area contributed by atoms with Crippen molar-refractivity contribution in [1.82, 2.24) is 5.16 Å². The van der Waals surface area contributed by atoms with Gasteiger partial charge in [-0.3, -0.25) is 9.52 Å². The molecule has 0 fully saturated rings. The van der Waals surface area contributed by atoms with Crippen molar-refractivity contribution in [2.45, 2.75) is 25.7 Å². The minimum atomic E-state index is -3.78. The maximum atomic E-state index is 12.8. The highest BCUT2D eigenvalue weighted by atomic mass is 32.2. The molecule has 1 amide bonds. The monoisotopic (exact) mass is 441 g/mol. The minimum absolute atomic E-state index is 0.116. The zero-order valence-electron chi connectivity index (χ0n) is 17.4. The number of carbonyl (C=O) groups is 1. The van der Waals surface area contributed by atoms with E-state index in [1.54, 1.807) is 55.5 Å². The highest BCUT2D eigenvalue weighted by Gasteiger charge is 2.16. The molecule has 9 heteroatoms. The number of aryl methyl sites for hydroxylation is 1. The Hall–Kier alpha value is -3.59. The number of nitrogens with zero attached hydrogens (tertiary/aromatic N) is 1. The van der Waals surface area contributed by atoms with E-state index in [2.05, 4.69) is 15.2 Å². The smallest absolute Gasteiger partial charge is 0.262 e. The van der Waals surface area contributed by atoms with Crippen molar-refractivity contribution >= 4 is 39.5 Å². The second-order valence-corrected chi connectivity index (χ2v) is 8.31. The van der Waals surface area contributed by atoms with Crippen molar-refractivity contribution in [2.24, 2.45) is 0 Å². The zero-order chi connectivity index (χ0) is 22.4. The van der Waals surface area contributed by atoms with Gasteiger partial charge in [-0.25, -0.2) is 8.42 Å². The lowest BCUT2D eigenvalue weighted by atomic mass is 10.2. The summed E-state index contributed by atoms with van der Waals surface area (Å²) in [6.07, 6.45) is 3.39. The van der Waals surface area contributed by atoms with Gasteiger partial charge in [-0.05, 0) is 49.8 Å². The van der Waals surface area contributed by atoms with Gasteiger partial charge in [0.1, 0.15) is 17.1 Å². The molecule has 0 aliphatic heterocycles. The van der Waals surface area contributed by atoms with Gasteiger partial charge in [0.15, 0.2) is 5.76 Å². The molecule has 0 aliphatic carbocycles. The SMILES string of the molecule is CCOc1ccccc1NS(=O)(=O)c1ccc(/C=C\c2onc(C)c2NC(C)=O)cc1. The predicted octanol–water partition coefficient (Wildman–Crippen LogP) is 4.31. The normalized spacial score (nSPS) is 11.5. The molecule has 0 atom stereocenters. The third kappa shape index (κ3) is 5.52. The Bertz CT molecular complexity index is 1200. The maximum Gasteiger partial charge on any atom is 0.262 e. The molecule has 1 aromatic heterocycles. The number of benzene rings is 2. The van der Waals surface area contributed by atoms with E-state index in [1.165, 1.54) is 19.1 Å². The van der Waals surface area contributed by atoms with Gasteiger partial charge in [0.25, 0.3) is 10.0 Å². The Morgan fingerprint density at radius 1 is 1.13 bits per heavy atom. The van der Waals surface area contributed by atoms with Crippen LogP contribution in [0.4, 0.5) is 11.4 Å². The third-order valence-corrected chi connectivity index (χ3v) is 5.62. The number of anilines is 2. The van der Waals surface area contributed by atoms with Crippen molar-refractivity contribution in [3.8, 4) is 5.75 Å². The molecule has 0 radical (unpaired) electrons. The average molecular weight is 442 g/mol. The van der Waals surface area contributed by atoms with E-state index in [-0.39, 0.29) is 10.8 Å². The number of sulfonamides is 1.